The first-order valence-electron chi connectivity index (χ1n) is 4.74. The quantitative estimate of drug-likeness (QED) is 0.482. The second-order valence-corrected chi connectivity index (χ2v) is 4.25. The number of ether oxygens (including phenoxy) is 1. The Balaban J connectivity index is 3.03. The molecule has 0 saturated heterocycles. The van der Waals surface area contributed by atoms with Crippen molar-refractivity contribution in [3.8, 4) is 0 Å². The molecule has 0 bridgehead atoms. The SMILES string of the molecule is COC(=O)CSc1ccc(C=O)cc1C(F)(F)F. The largest absolute Gasteiger partial charge is 0.468 e. The van der Waals surface area contributed by atoms with Gasteiger partial charge in [0.15, 0.2) is 0 Å². The normalized spacial score (nSPS) is 11.1. The second kappa shape index (κ2) is 5.90. The molecule has 1 aromatic rings. The lowest BCUT2D eigenvalue weighted by atomic mass is 10.1. The molecule has 0 saturated carbocycles. The molecule has 18 heavy (non-hydrogen) atoms. The van der Waals surface area contributed by atoms with E-state index >= 15 is 0 Å². The first kappa shape index (κ1) is 14.6. The molecule has 0 aliphatic rings. The fraction of sp³-hybridized carbons (Fsp3) is 0.273. The maximum atomic E-state index is 12.7. The number of carbonyl (C=O) groups is 2. The highest BCUT2D eigenvalue weighted by molar-refractivity contribution is 8.00. The van der Waals surface area contributed by atoms with Crippen LogP contribution in [-0.4, -0.2) is 25.1 Å². The van der Waals surface area contributed by atoms with E-state index in [4.69, 9.17) is 0 Å². The minimum atomic E-state index is -4.57. The Morgan fingerprint density at radius 2 is 2.11 bits per heavy atom. The number of aldehydes is 1. The average molecular weight is 278 g/mol. The number of alkyl halides is 3. The smallest absolute Gasteiger partial charge is 0.417 e. The number of halogens is 3. The number of benzene rings is 1. The number of hydrogen-bond donors (Lipinski definition) is 0. The lowest BCUT2D eigenvalue weighted by Gasteiger charge is -2.12. The van der Waals surface area contributed by atoms with Crippen LogP contribution in [0.1, 0.15) is 15.9 Å². The number of carbonyl (C=O) groups excluding carboxylic acids is 2. The van der Waals surface area contributed by atoms with Crippen molar-refractivity contribution in [3.63, 3.8) is 0 Å². The second-order valence-electron chi connectivity index (χ2n) is 3.24. The Morgan fingerprint density at radius 1 is 1.44 bits per heavy atom. The molecular formula is C11H9F3O3S. The van der Waals surface area contributed by atoms with Crippen LogP contribution in [0.2, 0.25) is 0 Å². The maximum absolute atomic E-state index is 12.7. The molecule has 0 aromatic heterocycles. The Labute approximate surface area is 105 Å². The Morgan fingerprint density at radius 3 is 2.61 bits per heavy atom. The van der Waals surface area contributed by atoms with E-state index in [0.717, 1.165) is 13.2 Å². The standard InChI is InChI=1S/C11H9F3O3S/c1-17-10(16)6-18-9-3-2-7(5-15)4-8(9)11(12,13)14/h2-5H,6H2,1H3. The lowest BCUT2D eigenvalue weighted by molar-refractivity contribution is -0.140. The first-order chi connectivity index (χ1) is 8.38. The highest BCUT2D eigenvalue weighted by Gasteiger charge is 2.33. The van der Waals surface area contributed by atoms with E-state index in [1.807, 2.05) is 0 Å². The molecule has 1 aromatic carbocycles. The maximum Gasteiger partial charge on any atom is 0.417 e. The topological polar surface area (TPSA) is 43.4 Å². The van der Waals surface area contributed by atoms with Gasteiger partial charge in [0.25, 0.3) is 0 Å². The highest BCUT2D eigenvalue weighted by atomic mass is 32.2. The van der Waals surface area contributed by atoms with Crippen LogP contribution in [0.25, 0.3) is 0 Å². The van der Waals surface area contributed by atoms with Crippen LogP contribution in [0, 0.1) is 0 Å². The van der Waals surface area contributed by atoms with E-state index in [0.29, 0.717) is 18.0 Å². The molecule has 0 N–H and O–H groups in total. The van der Waals surface area contributed by atoms with Crippen LogP contribution in [0.5, 0.6) is 0 Å². The zero-order valence-electron chi connectivity index (χ0n) is 9.28. The molecule has 0 spiro atoms. The van der Waals surface area contributed by atoms with Crippen molar-refractivity contribution in [3.05, 3.63) is 29.3 Å². The zero-order chi connectivity index (χ0) is 13.8. The molecule has 0 radical (unpaired) electrons. The van der Waals surface area contributed by atoms with Crippen LogP contribution in [0.4, 0.5) is 13.2 Å². The molecule has 0 amide bonds. The highest BCUT2D eigenvalue weighted by Crippen LogP contribution is 2.37. The first-order valence-corrected chi connectivity index (χ1v) is 5.73. The van der Waals surface area contributed by atoms with Gasteiger partial charge in [-0.1, -0.05) is 6.07 Å². The van der Waals surface area contributed by atoms with Crippen LogP contribution in [0.3, 0.4) is 0 Å². The van der Waals surface area contributed by atoms with E-state index in [-0.39, 0.29) is 16.2 Å². The van der Waals surface area contributed by atoms with Gasteiger partial charge in [0.2, 0.25) is 0 Å². The van der Waals surface area contributed by atoms with E-state index in [9.17, 15) is 22.8 Å². The van der Waals surface area contributed by atoms with Crippen molar-refractivity contribution in [2.75, 3.05) is 12.9 Å². The molecule has 0 atom stereocenters. The van der Waals surface area contributed by atoms with Crippen molar-refractivity contribution >= 4 is 24.0 Å². The summed E-state index contributed by atoms with van der Waals surface area (Å²) in [6.45, 7) is 0. The molecule has 98 valence electrons. The van der Waals surface area contributed by atoms with Gasteiger partial charge >= 0.3 is 12.1 Å². The summed E-state index contributed by atoms with van der Waals surface area (Å²) in [6, 6.07) is 3.19. The predicted molar refractivity (Wildman–Crippen MR) is 59.6 cm³/mol. The summed E-state index contributed by atoms with van der Waals surface area (Å²) < 4.78 is 42.5. The van der Waals surface area contributed by atoms with E-state index in [1.165, 1.54) is 12.1 Å². The van der Waals surface area contributed by atoms with Crippen LogP contribution in [-0.2, 0) is 15.7 Å². The summed E-state index contributed by atoms with van der Waals surface area (Å²) in [5, 5.41) is 0. The minimum absolute atomic E-state index is 0.0651. The molecule has 1 rings (SSSR count). The van der Waals surface area contributed by atoms with Gasteiger partial charge in [-0.2, -0.15) is 13.2 Å². The van der Waals surface area contributed by atoms with Crippen LogP contribution < -0.4 is 0 Å². The monoisotopic (exact) mass is 278 g/mol. The van der Waals surface area contributed by atoms with Gasteiger partial charge in [-0.3, -0.25) is 9.59 Å². The lowest BCUT2D eigenvalue weighted by Crippen LogP contribution is -2.09. The van der Waals surface area contributed by atoms with Crippen molar-refractivity contribution in [2.24, 2.45) is 0 Å². The molecule has 0 unspecified atom stereocenters. The van der Waals surface area contributed by atoms with Crippen molar-refractivity contribution in [1.29, 1.82) is 0 Å². The predicted octanol–water partition coefficient (Wildman–Crippen LogP) is 2.78. The summed E-state index contributed by atoms with van der Waals surface area (Å²) in [6.07, 6.45) is -4.23. The number of hydrogen-bond acceptors (Lipinski definition) is 4. The summed E-state index contributed by atoms with van der Waals surface area (Å²) in [4.78, 5) is 21.2. The van der Waals surface area contributed by atoms with Crippen LogP contribution >= 0.6 is 11.8 Å². The Bertz CT molecular complexity index is 457. The molecular weight excluding hydrogens is 269 g/mol. The summed E-state index contributed by atoms with van der Waals surface area (Å²) >= 11 is 0.715. The van der Waals surface area contributed by atoms with Gasteiger partial charge in [0, 0.05) is 10.5 Å². The van der Waals surface area contributed by atoms with E-state index in [1.54, 1.807) is 0 Å². The number of esters is 1. The third-order valence-electron chi connectivity index (χ3n) is 2.02. The Kier molecular flexibility index (Phi) is 4.77. The van der Waals surface area contributed by atoms with E-state index < -0.39 is 17.7 Å². The fourth-order valence-corrected chi connectivity index (χ4v) is 2.05. The van der Waals surface area contributed by atoms with Crippen molar-refractivity contribution < 1.29 is 27.5 Å². The number of thioether (sulfide) groups is 1. The van der Waals surface area contributed by atoms with Crippen LogP contribution in [0.15, 0.2) is 23.1 Å². The van der Waals surface area contributed by atoms with Gasteiger partial charge in [-0.15, -0.1) is 11.8 Å². The molecule has 0 aliphatic heterocycles. The van der Waals surface area contributed by atoms with Gasteiger partial charge in [-0.05, 0) is 12.1 Å². The van der Waals surface area contributed by atoms with Gasteiger partial charge in [0.05, 0.1) is 18.4 Å². The van der Waals surface area contributed by atoms with E-state index in [2.05, 4.69) is 4.74 Å². The Hall–Kier alpha value is -1.50. The zero-order valence-corrected chi connectivity index (χ0v) is 10.1. The van der Waals surface area contributed by atoms with Crippen molar-refractivity contribution in [2.45, 2.75) is 11.1 Å². The summed E-state index contributed by atoms with van der Waals surface area (Å²) in [7, 11) is 1.16. The molecule has 0 heterocycles. The molecule has 0 fully saturated rings. The molecule has 7 heteroatoms. The number of methoxy groups -OCH3 is 1. The average Bonchev–Trinajstić information content (AvgIpc) is 2.34. The third-order valence-corrected chi connectivity index (χ3v) is 3.07. The summed E-state index contributed by atoms with van der Waals surface area (Å²) in [5.74, 6) is -0.840. The van der Waals surface area contributed by atoms with Gasteiger partial charge in [-0.25, -0.2) is 0 Å². The van der Waals surface area contributed by atoms with Gasteiger partial charge in [0.1, 0.15) is 6.29 Å². The molecule has 0 aliphatic carbocycles. The van der Waals surface area contributed by atoms with Crippen molar-refractivity contribution in [1.82, 2.24) is 0 Å². The minimum Gasteiger partial charge on any atom is -0.468 e. The number of rotatable bonds is 4. The molecule has 3 nitrogen and oxygen atoms in total. The fourth-order valence-electron chi connectivity index (χ4n) is 1.16. The summed E-state index contributed by atoms with van der Waals surface area (Å²) in [5.41, 5.74) is -0.995. The third kappa shape index (κ3) is 3.76. The van der Waals surface area contributed by atoms with Gasteiger partial charge < -0.3 is 4.74 Å².